The molecule has 0 spiro atoms. The number of hydrogen-bond acceptors (Lipinski definition) is 5. The van der Waals surface area contributed by atoms with Crippen molar-refractivity contribution in [3.8, 4) is 0 Å². The number of pyridine rings is 2. The van der Waals surface area contributed by atoms with E-state index in [9.17, 15) is 0 Å². The van der Waals surface area contributed by atoms with Gasteiger partial charge in [-0.25, -0.2) is 9.97 Å². The molecule has 0 bridgehead atoms. The first-order chi connectivity index (χ1) is 14.8. The maximum absolute atomic E-state index is 5.86. The van der Waals surface area contributed by atoms with Crippen molar-refractivity contribution in [3.05, 3.63) is 89.1 Å². The third kappa shape index (κ3) is 5.17. The monoisotopic (exact) mass is 433 g/mol. The Kier molecular flexibility index (Phi) is 5.88. The number of anilines is 3. The van der Waals surface area contributed by atoms with Gasteiger partial charge < -0.3 is 15.1 Å². The van der Waals surface area contributed by atoms with Crippen LogP contribution in [-0.2, 0) is 12.0 Å². The lowest BCUT2D eigenvalue weighted by molar-refractivity contribution is 0.370. The van der Waals surface area contributed by atoms with Crippen LogP contribution in [0.4, 0.5) is 17.2 Å². The first kappa shape index (κ1) is 21.2. The SMILES string of the molecule is CC1=CN(c2ccc(C(C)(C)C)cc2)CN1Cc1ccnc(Nc2ccc(Cl)nc2)c1. The van der Waals surface area contributed by atoms with Crippen LogP contribution in [0.1, 0.15) is 38.8 Å². The first-order valence-electron chi connectivity index (χ1n) is 10.4. The lowest BCUT2D eigenvalue weighted by Crippen LogP contribution is -2.26. The van der Waals surface area contributed by atoms with E-state index in [4.69, 9.17) is 11.6 Å². The molecule has 0 saturated carbocycles. The number of aromatic nitrogens is 2. The molecule has 0 unspecified atom stereocenters. The topological polar surface area (TPSA) is 44.3 Å². The number of halogens is 1. The fraction of sp³-hybridized carbons (Fsp3) is 0.280. The van der Waals surface area contributed by atoms with Crippen molar-refractivity contribution in [3.63, 3.8) is 0 Å². The van der Waals surface area contributed by atoms with E-state index in [1.807, 2.05) is 12.3 Å². The molecule has 2 aromatic heterocycles. The smallest absolute Gasteiger partial charge is 0.130 e. The normalized spacial score (nSPS) is 14.0. The van der Waals surface area contributed by atoms with Gasteiger partial charge in [-0.1, -0.05) is 44.5 Å². The van der Waals surface area contributed by atoms with Crippen LogP contribution in [0.25, 0.3) is 0 Å². The fourth-order valence-corrected chi connectivity index (χ4v) is 3.70. The highest BCUT2D eigenvalue weighted by molar-refractivity contribution is 6.29. The number of benzene rings is 1. The van der Waals surface area contributed by atoms with Crippen LogP contribution in [0.15, 0.2) is 72.8 Å². The summed E-state index contributed by atoms with van der Waals surface area (Å²) in [4.78, 5) is 13.2. The molecule has 6 heteroatoms. The quantitative estimate of drug-likeness (QED) is 0.477. The molecule has 0 saturated heterocycles. The van der Waals surface area contributed by atoms with E-state index >= 15 is 0 Å². The van der Waals surface area contributed by atoms with Crippen LogP contribution >= 0.6 is 11.6 Å². The minimum atomic E-state index is 0.163. The van der Waals surface area contributed by atoms with E-state index in [2.05, 4.69) is 95.4 Å². The average Bonchev–Trinajstić information content (AvgIpc) is 3.10. The van der Waals surface area contributed by atoms with Gasteiger partial charge >= 0.3 is 0 Å². The van der Waals surface area contributed by atoms with Crippen LogP contribution in [-0.4, -0.2) is 21.5 Å². The van der Waals surface area contributed by atoms with Crippen molar-refractivity contribution < 1.29 is 0 Å². The number of nitrogens with zero attached hydrogens (tertiary/aromatic N) is 4. The average molecular weight is 434 g/mol. The van der Waals surface area contributed by atoms with Crippen LogP contribution in [0, 0.1) is 0 Å². The minimum Gasteiger partial charge on any atom is -0.351 e. The van der Waals surface area contributed by atoms with Crippen LogP contribution in [0.5, 0.6) is 0 Å². The van der Waals surface area contributed by atoms with Crippen molar-refractivity contribution in [2.24, 2.45) is 0 Å². The maximum atomic E-state index is 5.86. The molecule has 5 nitrogen and oxygen atoms in total. The molecule has 4 rings (SSSR count). The molecule has 31 heavy (non-hydrogen) atoms. The van der Waals surface area contributed by atoms with E-state index in [0.717, 1.165) is 24.7 Å². The molecule has 0 atom stereocenters. The molecule has 160 valence electrons. The van der Waals surface area contributed by atoms with E-state index in [1.54, 1.807) is 12.3 Å². The molecule has 3 heterocycles. The lowest BCUT2D eigenvalue weighted by atomic mass is 9.87. The second kappa shape index (κ2) is 8.60. The Balaban J connectivity index is 1.42. The Morgan fingerprint density at radius 3 is 2.48 bits per heavy atom. The zero-order valence-corrected chi connectivity index (χ0v) is 19.2. The summed E-state index contributed by atoms with van der Waals surface area (Å²) in [6, 6.07) is 16.7. The fourth-order valence-electron chi connectivity index (χ4n) is 3.59. The predicted octanol–water partition coefficient (Wildman–Crippen LogP) is 6.31. The van der Waals surface area contributed by atoms with Crippen LogP contribution < -0.4 is 10.2 Å². The molecule has 0 radical (unpaired) electrons. The molecule has 0 amide bonds. The summed E-state index contributed by atoms with van der Waals surface area (Å²) in [6.07, 6.45) is 5.75. The summed E-state index contributed by atoms with van der Waals surface area (Å²) in [5.74, 6) is 0.789. The van der Waals surface area contributed by atoms with E-state index in [0.29, 0.717) is 5.15 Å². The van der Waals surface area contributed by atoms with Crippen molar-refractivity contribution in [2.75, 3.05) is 16.9 Å². The number of nitrogens with one attached hydrogen (secondary N) is 1. The van der Waals surface area contributed by atoms with Gasteiger partial charge in [0.25, 0.3) is 0 Å². The van der Waals surface area contributed by atoms with E-state index in [1.165, 1.54) is 22.5 Å². The predicted molar refractivity (Wildman–Crippen MR) is 129 cm³/mol. The van der Waals surface area contributed by atoms with Gasteiger partial charge in [-0.2, -0.15) is 0 Å². The van der Waals surface area contributed by atoms with Gasteiger partial charge in [0.05, 0.1) is 18.6 Å². The molecule has 1 aliphatic heterocycles. The summed E-state index contributed by atoms with van der Waals surface area (Å²) in [5.41, 5.74) is 6.01. The second-order valence-corrected chi connectivity index (χ2v) is 9.31. The third-order valence-corrected chi connectivity index (χ3v) is 5.65. The Bertz CT molecular complexity index is 1070. The van der Waals surface area contributed by atoms with Gasteiger partial charge in [-0.05, 0) is 59.9 Å². The Morgan fingerprint density at radius 2 is 1.81 bits per heavy atom. The Morgan fingerprint density at radius 1 is 1.03 bits per heavy atom. The van der Waals surface area contributed by atoms with Gasteiger partial charge in [-0.3, -0.25) is 0 Å². The van der Waals surface area contributed by atoms with Crippen molar-refractivity contribution in [1.29, 1.82) is 0 Å². The van der Waals surface area contributed by atoms with Crippen LogP contribution in [0.2, 0.25) is 5.15 Å². The molecule has 1 N–H and O–H groups in total. The van der Waals surface area contributed by atoms with E-state index < -0.39 is 0 Å². The molecule has 1 aliphatic rings. The van der Waals surface area contributed by atoms with Crippen LogP contribution in [0.3, 0.4) is 0 Å². The van der Waals surface area contributed by atoms with Crippen molar-refractivity contribution >= 4 is 28.8 Å². The standard InChI is InChI=1S/C25H28ClN5/c1-18-15-31(22-8-5-20(6-9-22)25(2,3)4)17-30(18)16-19-11-12-27-24(13-19)29-21-7-10-23(26)28-14-21/h5-15H,16-17H2,1-4H3,(H,27,29). The van der Waals surface area contributed by atoms with Gasteiger partial charge in [0.2, 0.25) is 0 Å². The minimum absolute atomic E-state index is 0.163. The largest absolute Gasteiger partial charge is 0.351 e. The molecular formula is C25H28ClN5. The zero-order valence-electron chi connectivity index (χ0n) is 18.4. The highest BCUT2D eigenvalue weighted by Crippen LogP contribution is 2.28. The van der Waals surface area contributed by atoms with Crippen molar-refractivity contribution in [1.82, 2.24) is 14.9 Å². The van der Waals surface area contributed by atoms with Gasteiger partial charge in [0.15, 0.2) is 0 Å². The van der Waals surface area contributed by atoms with Gasteiger partial charge in [-0.15, -0.1) is 0 Å². The summed E-state index contributed by atoms with van der Waals surface area (Å²) < 4.78 is 0. The molecule has 3 aromatic rings. The zero-order chi connectivity index (χ0) is 22.0. The van der Waals surface area contributed by atoms with Gasteiger partial charge in [0, 0.05) is 30.3 Å². The number of hydrogen-bond donors (Lipinski definition) is 1. The number of rotatable bonds is 5. The second-order valence-electron chi connectivity index (χ2n) is 8.92. The molecular weight excluding hydrogens is 406 g/mol. The molecule has 1 aromatic carbocycles. The maximum Gasteiger partial charge on any atom is 0.130 e. The molecule has 0 aliphatic carbocycles. The third-order valence-electron chi connectivity index (χ3n) is 5.43. The lowest BCUT2D eigenvalue weighted by Gasteiger charge is -2.24. The summed E-state index contributed by atoms with van der Waals surface area (Å²) in [5, 5.41) is 3.76. The first-order valence-corrected chi connectivity index (χ1v) is 10.8. The highest BCUT2D eigenvalue weighted by atomic mass is 35.5. The summed E-state index contributed by atoms with van der Waals surface area (Å²) in [7, 11) is 0. The van der Waals surface area contributed by atoms with E-state index in [-0.39, 0.29) is 5.41 Å². The Hall–Kier alpha value is -3.05. The molecule has 0 fully saturated rings. The Labute approximate surface area is 189 Å². The highest BCUT2D eigenvalue weighted by Gasteiger charge is 2.20. The summed E-state index contributed by atoms with van der Waals surface area (Å²) in [6.45, 7) is 10.5. The number of allylic oxidation sites excluding steroid dienone is 1. The van der Waals surface area contributed by atoms with Gasteiger partial charge in [0.1, 0.15) is 11.0 Å². The van der Waals surface area contributed by atoms with Crippen molar-refractivity contribution in [2.45, 2.75) is 39.7 Å². The summed E-state index contributed by atoms with van der Waals surface area (Å²) >= 11 is 5.86.